The fraction of sp³-hybridized carbons (Fsp3) is 0.625. The van der Waals surface area contributed by atoms with Crippen molar-refractivity contribution in [1.29, 1.82) is 0 Å². The van der Waals surface area contributed by atoms with Crippen LogP contribution in [0.4, 0.5) is 0 Å². The van der Waals surface area contributed by atoms with E-state index >= 15 is 0 Å². The molecule has 0 heterocycles. The third-order valence-corrected chi connectivity index (χ3v) is 3.24. The van der Waals surface area contributed by atoms with Gasteiger partial charge in [0.1, 0.15) is 0 Å². The summed E-state index contributed by atoms with van der Waals surface area (Å²) in [5, 5.41) is 9.79. The fourth-order valence-electron chi connectivity index (χ4n) is 2.65. The molecule has 0 aliphatic carbocycles. The Hall–Kier alpha value is -0.860. The van der Waals surface area contributed by atoms with E-state index in [4.69, 9.17) is 0 Å². The first-order valence-electron chi connectivity index (χ1n) is 6.67. The molecule has 0 bridgehead atoms. The highest BCUT2D eigenvalue weighted by Gasteiger charge is 2.15. The average Bonchev–Trinajstić information content (AvgIpc) is 2.12. The van der Waals surface area contributed by atoms with Gasteiger partial charge < -0.3 is 10.0 Å². The van der Waals surface area contributed by atoms with Crippen molar-refractivity contribution < 1.29 is 5.11 Å². The van der Waals surface area contributed by atoms with Crippen molar-refractivity contribution in [3.8, 4) is 0 Å². The maximum absolute atomic E-state index is 9.79. The smallest absolute Gasteiger partial charge is 0.0718 e. The number of aryl methyl sites for hydroxylation is 3. The molecule has 0 radical (unpaired) electrons. The molecule has 102 valence electrons. The predicted molar refractivity (Wildman–Crippen MR) is 78.2 cm³/mol. The van der Waals surface area contributed by atoms with Crippen molar-refractivity contribution in [1.82, 2.24) is 4.90 Å². The van der Waals surface area contributed by atoms with E-state index in [-0.39, 0.29) is 0 Å². The minimum absolute atomic E-state index is 0.619. The summed E-state index contributed by atoms with van der Waals surface area (Å²) in [6.45, 7) is 11.9. The molecule has 0 spiro atoms. The van der Waals surface area contributed by atoms with E-state index in [2.05, 4.69) is 44.9 Å². The van der Waals surface area contributed by atoms with Gasteiger partial charge >= 0.3 is 0 Å². The summed E-state index contributed by atoms with van der Waals surface area (Å²) in [5.74, 6) is 0. The monoisotopic (exact) mass is 249 g/mol. The van der Waals surface area contributed by atoms with Gasteiger partial charge in [0.05, 0.1) is 5.60 Å². The van der Waals surface area contributed by atoms with E-state index in [1.54, 1.807) is 0 Å². The highest BCUT2D eigenvalue weighted by Crippen LogP contribution is 2.17. The van der Waals surface area contributed by atoms with Gasteiger partial charge in [-0.1, -0.05) is 17.7 Å². The van der Waals surface area contributed by atoms with Crippen LogP contribution in [-0.2, 0) is 6.42 Å². The molecule has 1 N–H and O–H groups in total. The van der Waals surface area contributed by atoms with Crippen molar-refractivity contribution in [2.75, 3.05) is 20.1 Å². The average molecular weight is 249 g/mol. The van der Waals surface area contributed by atoms with Crippen LogP contribution in [0.5, 0.6) is 0 Å². The second-order valence-electron chi connectivity index (χ2n) is 6.18. The molecule has 0 amide bonds. The molecule has 0 fully saturated rings. The normalized spacial score (nSPS) is 12.2. The van der Waals surface area contributed by atoms with Gasteiger partial charge in [0.2, 0.25) is 0 Å². The summed E-state index contributed by atoms with van der Waals surface area (Å²) in [6.07, 6.45) is 1.05. The second kappa shape index (κ2) is 5.85. The number of hydrogen-bond acceptors (Lipinski definition) is 2. The molecule has 1 aromatic rings. The van der Waals surface area contributed by atoms with Gasteiger partial charge in [0, 0.05) is 13.1 Å². The Morgan fingerprint density at radius 3 is 2.06 bits per heavy atom. The first-order valence-corrected chi connectivity index (χ1v) is 6.67. The largest absolute Gasteiger partial charge is 0.389 e. The fourth-order valence-corrected chi connectivity index (χ4v) is 2.65. The van der Waals surface area contributed by atoms with Gasteiger partial charge in [-0.3, -0.25) is 0 Å². The van der Waals surface area contributed by atoms with Crippen LogP contribution < -0.4 is 0 Å². The molecule has 0 aromatic heterocycles. The summed E-state index contributed by atoms with van der Waals surface area (Å²) in [7, 11) is 2.07. The van der Waals surface area contributed by atoms with Crippen molar-refractivity contribution in [2.24, 2.45) is 0 Å². The minimum Gasteiger partial charge on any atom is -0.389 e. The highest BCUT2D eigenvalue weighted by atomic mass is 16.3. The molecule has 2 heteroatoms. The lowest BCUT2D eigenvalue weighted by Crippen LogP contribution is -2.37. The molecule has 0 unspecified atom stereocenters. The lowest BCUT2D eigenvalue weighted by Gasteiger charge is -2.26. The van der Waals surface area contributed by atoms with Crippen LogP contribution in [0.25, 0.3) is 0 Å². The molecule has 0 aliphatic rings. The zero-order chi connectivity index (χ0) is 13.9. The summed E-state index contributed by atoms with van der Waals surface area (Å²) < 4.78 is 0. The van der Waals surface area contributed by atoms with Gasteiger partial charge in [0.25, 0.3) is 0 Å². The molecular weight excluding hydrogens is 222 g/mol. The quantitative estimate of drug-likeness (QED) is 0.867. The zero-order valence-corrected chi connectivity index (χ0v) is 12.7. The van der Waals surface area contributed by atoms with Crippen molar-refractivity contribution in [3.63, 3.8) is 0 Å². The zero-order valence-electron chi connectivity index (χ0n) is 12.7. The Morgan fingerprint density at radius 1 is 1.11 bits per heavy atom. The topological polar surface area (TPSA) is 23.5 Å². The van der Waals surface area contributed by atoms with Crippen LogP contribution in [0.15, 0.2) is 12.1 Å². The van der Waals surface area contributed by atoms with Crippen LogP contribution >= 0.6 is 0 Å². The molecule has 0 atom stereocenters. The molecule has 1 aromatic carbocycles. The molecule has 18 heavy (non-hydrogen) atoms. The maximum Gasteiger partial charge on any atom is 0.0718 e. The summed E-state index contributed by atoms with van der Waals surface area (Å²) >= 11 is 0. The Kier molecular flexibility index (Phi) is 4.94. The molecule has 0 saturated carbocycles. The summed E-state index contributed by atoms with van der Waals surface area (Å²) in [6, 6.07) is 4.50. The summed E-state index contributed by atoms with van der Waals surface area (Å²) in [4.78, 5) is 2.19. The van der Waals surface area contributed by atoms with Crippen molar-refractivity contribution in [3.05, 3.63) is 34.4 Å². The number of nitrogens with zero attached hydrogens (tertiary/aromatic N) is 1. The van der Waals surface area contributed by atoms with Gasteiger partial charge in [0.15, 0.2) is 0 Å². The molecule has 0 saturated heterocycles. The number of likely N-dealkylation sites (N-methyl/N-ethyl adjacent to an activating group) is 1. The molecule has 0 aliphatic heterocycles. The minimum atomic E-state index is -0.619. The molecule has 1 rings (SSSR count). The van der Waals surface area contributed by atoms with Crippen molar-refractivity contribution in [2.45, 2.75) is 46.6 Å². The van der Waals surface area contributed by atoms with E-state index < -0.39 is 5.60 Å². The van der Waals surface area contributed by atoms with Crippen LogP contribution in [0.3, 0.4) is 0 Å². The maximum atomic E-state index is 9.79. The van der Waals surface area contributed by atoms with E-state index in [9.17, 15) is 5.11 Å². The standard InChI is InChI=1S/C16H27NO/c1-12-9-13(2)15(14(3)10-12)7-8-17(6)11-16(4,5)18/h9-10,18H,7-8,11H2,1-6H3. The second-order valence-corrected chi connectivity index (χ2v) is 6.18. The van der Waals surface area contributed by atoms with E-state index in [0.717, 1.165) is 13.0 Å². The van der Waals surface area contributed by atoms with Gasteiger partial charge in [-0.05, 0) is 64.8 Å². The lowest BCUT2D eigenvalue weighted by atomic mass is 9.97. The summed E-state index contributed by atoms with van der Waals surface area (Å²) in [5.41, 5.74) is 4.92. The van der Waals surface area contributed by atoms with E-state index in [0.29, 0.717) is 6.54 Å². The van der Waals surface area contributed by atoms with E-state index in [1.165, 1.54) is 22.3 Å². The van der Waals surface area contributed by atoms with Gasteiger partial charge in [-0.25, -0.2) is 0 Å². The molecular formula is C16H27NO. The van der Waals surface area contributed by atoms with Gasteiger partial charge in [-0.15, -0.1) is 0 Å². The Morgan fingerprint density at radius 2 is 1.61 bits per heavy atom. The van der Waals surface area contributed by atoms with Crippen LogP contribution in [0.1, 0.15) is 36.1 Å². The van der Waals surface area contributed by atoms with Crippen molar-refractivity contribution >= 4 is 0 Å². The van der Waals surface area contributed by atoms with Crippen LogP contribution in [0, 0.1) is 20.8 Å². The predicted octanol–water partition coefficient (Wildman–Crippen LogP) is 2.86. The highest BCUT2D eigenvalue weighted by molar-refractivity contribution is 5.37. The number of aliphatic hydroxyl groups is 1. The first kappa shape index (κ1) is 15.2. The number of hydrogen-bond donors (Lipinski definition) is 1. The Balaban J connectivity index is 2.64. The Bertz CT molecular complexity index is 381. The number of rotatable bonds is 5. The molecule has 2 nitrogen and oxygen atoms in total. The SMILES string of the molecule is Cc1cc(C)c(CCN(C)CC(C)(C)O)c(C)c1. The lowest BCUT2D eigenvalue weighted by molar-refractivity contribution is 0.0449. The first-order chi connectivity index (χ1) is 8.19. The van der Waals surface area contributed by atoms with E-state index in [1.807, 2.05) is 13.8 Å². The number of benzene rings is 1. The third-order valence-electron chi connectivity index (χ3n) is 3.24. The Labute approximate surface area is 112 Å². The van der Waals surface area contributed by atoms with Crippen LogP contribution in [-0.4, -0.2) is 35.7 Å². The third kappa shape index (κ3) is 4.79. The van der Waals surface area contributed by atoms with Crippen LogP contribution in [0.2, 0.25) is 0 Å². The van der Waals surface area contributed by atoms with Gasteiger partial charge in [-0.2, -0.15) is 0 Å².